The predicted molar refractivity (Wildman–Crippen MR) is 51.1 cm³/mol. The van der Waals surface area contributed by atoms with E-state index in [-0.39, 0.29) is 42.2 Å². The van der Waals surface area contributed by atoms with Crippen molar-refractivity contribution < 1.29 is 39.8 Å². The van der Waals surface area contributed by atoms with Crippen LogP contribution in [0.25, 0.3) is 0 Å². The minimum absolute atomic E-state index is 0. The first kappa shape index (κ1) is 13.9. The van der Waals surface area contributed by atoms with Gasteiger partial charge in [-0.25, -0.2) is 9.59 Å². The van der Waals surface area contributed by atoms with Crippen molar-refractivity contribution in [3.05, 3.63) is 69.8 Å². The van der Waals surface area contributed by atoms with Crippen LogP contribution < -0.4 is 40.8 Å². The van der Waals surface area contributed by atoms with Crippen LogP contribution in [0.1, 0.15) is 1.43 Å². The van der Waals surface area contributed by atoms with Crippen molar-refractivity contribution in [3.63, 3.8) is 0 Å². The third kappa shape index (κ3) is 6.90. The average Bonchev–Trinajstić information content (AvgIpc) is 2.21. The maximum absolute atomic E-state index is 10.1. The van der Waals surface area contributed by atoms with Gasteiger partial charge in [0.1, 0.15) is 0 Å². The van der Waals surface area contributed by atoms with Crippen molar-refractivity contribution in [3.8, 4) is 0 Å². The molecule has 0 saturated heterocycles. The maximum atomic E-state index is 10.1. The van der Waals surface area contributed by atoms with Crippen molar-refractivity contribution in [1.29, 1.82) is 0 Å². The fourth-order valence-electron chi connectivity index (χ4n) is 0.650. The van der Waals surface area contributed by atoms with Crippen LogP contribution in [0, 0.1) is 0 Å². The van der Waals surface area contributed by atoms with E-state index >= 15 is 0 Å². The Hall–Kier alpha value is -1.10. The van der Waals surface area contributed by atoms with Crippen LogP contribution in [-0.2, 0) is 0 Å². The van der Waals surface area contributed by atoms with Crippen LogP contribution in [0.5, 0.6) is 0 Å². The summed E-state index contributed by atoms with van der Waals surface area (Å²) in [6.07, 6.45) is 2.70. The first-order valence-corrected chi connectivity index (χ1v) is 3.87. The van der Waals surface area contributed by atoms with E-state index in [9.17, 15) is 9.59 Å². The average molecular weight is 216 g/mol. The molecule has 0 fully saturated rings. The minimum atomic E-state index is -0.303. The zero-order valence-corrected chi connectivity index (χ0v) is 10.3. The van der Waals surface area contributed by atoms with E-state index in [2.05, 4.69) is 8.83 Å². The summed E-state index contributed by atoms with van der Waals surface area (Å²) in [6.45, 7) is 0. The van der Waals surface area contributed by atoms with E-state index in [4.69, 9.17) is 0 Å². The zero-order valence-electron chi connectivity index (χ0n) is 9.25. The van der Waals surface area contributed by atoms with Gasteiger partial charge in [-0.1, -0.05) is 12.1 Å². The van der Waals surface area contributed by atoms with E-state index in [1.807, 2.05) is 0 Å². The van der Waals surface area contributed by atoms with Gasteiger partial charge in [0, 0.05) is 12.1 Å². The third-order valence-corrected chi connectivity index (χ3v) is 1.21. The first-order valence-electron chi connectivity index (χ1n) is 3.87. The van der Waals surface area contributed by atoms with Gasteiger partial charge in [-0.3, -0.25) is 0 Å². The topological polar surface area (TPSA) is 60.4 Å². The second-order valence-corrected chi connectivity index (χ2v) is 2.25. The van der Waals surface area contributed by atoms with E-state index in [1.54, 1.807) is 24.3 Å². The Labute approximate surface area is 109 Å². The SMILES string of the molecule is O=c1cccco1.O=c1cccco1.[H-].[Na+]. The van der Waals surface area contributed by atoms with Crippen molar-refractivity contribution >= 4 is 0 Å². The zero-order chi connectivity index (χ0) is 10.2. The first-order chi connectivity index (χ1) is 6.79. The Morgan fingerprint density at radius 2 is 1.20 bits per heavy atom. The number of hydrogen-bond acceptors (Lipinski definition) is 4. The molecule has 0 amide bonds. The molecular weight excluding hydrogens is 207 g/mol. The summed E-state index contributed by atoms with van der Waals surface area (Å²) in [6, 6.07) is 9.29. The van der Waals surface area contributed by atoms with Crippen LogP contribution in [0.15, 0.2) is 67.3 Å². The summed E-state index contributed by atoms with van der Waals surface area (Å²) < 4.78 is 8.74. The summed E-state index contributed by atoms with van der Waals surface area (Å²) in [5.41, 5.74) is -0.606. The van der Waals surface area contributed by atoms with Gasteiger partial charge in [0.2, 0.25) is 0 Å². The monoisotopic (exact) mass is 216 g/mol. The molecule has 2 heterocycles. The van der Waals surface area contributed by atoms with Crippen molar-refractivity contribution in [1.82, 2.24) is 0 Å². The molecule has 0 radical (unpaired) electrons. The molecule has 4 nitrogen and oxygen atoms in total. The van der Waals surface area contributed by atoms with Gasteiger partial charge < -0.3 is 10.3 Å². The second kappa shape index (κ2) is 8.23. The molecule has 0 saturated carbocycles. The van der Waals surface area contributed by atoms with Gasteiger partial charge in [0.15, 0.2) is 0 Å². The van der Waals surface area contributed by atoms with Gasteiger partial charge in [-0.15, -0.1) is 0 Å². The molecule has 0 aliphatic carbocycles. The van der Waals surface area contributed by atoms with Gasteiger partial charge >= 0.3 is 40.8 Å². The van der Waals surface area contributed by atoms with Crippen LogP contribution in [-0.4, -0.2) is 0 Å². The summed E-state index contributed by atoms with van der Waals surface area (Å²) >= 11 is 0. The smallest absolute Gasteiger partial charge is 1.00 e. The Kier molecular flexibility index (Phi) is 7.62. The van der Waals surface area contributed by atoms with Gasteiger partial charge in [-0.2, -0.15) is 0 Å². The molecule has 0 bridgehead atoms. The van der Waals surface area contributed by atoms with Gasteiger partial charge in [0.25, 0.3) is 0 Å². The molecule has 0 N–H and O–H groups in total. The molecule has 0 aliphatic rings. The summed E-state index contributed by atoms with van der Waals surface area (Å²) in [7, 11) is 0. The van der Waals surface area contributed by atoms with Crippen LogP contribution in [0.4, 0.5) is 0 Å². The van der Waals surface area contributed by atoms with Gasteiger partial charge in [0.05, 0.1) is 12.5 Å². The molecule has 0 spiro atoms. The molecule has 0 atom stereocenters. The quantitative estimate of drug-likeness (QED) is 0.497. The normalized spacial score (nSPS) is 8.00. The third-order valence-electron chi connectivity index (χ3n) is 1.21. The Morgan fingerprint density at radius 1 is 0.800 bits per heavy atom. The Morgan fingerprint density at radius 3 is 1.33 bits per heavy atom. The molecule has 74 valence electrons. The van der Waals surface area contributed by atoms with Crippen LogP contribution in [0.2, 0.25) is 0 Å². The van der Waals surface area contributed by atoms with E-state index < -0.39 is 0 Å². The van der Waals surface area contributed by atoms with Crippen LogP contribution in [0.3, 0.4) is 0 Å². The summed E-state index contributed by atoms with van der Waals surface area (Å²) in [5.74, 6) is 0. The molecule has 2 rings (SSSR count). The molecule has 0 aromatic carbocycles. The molecule has 0 unspecified atom stereocenters. The van der Waals surface area contributed by atoms with Crippen molar-refractivity contribution in [2.75, 3.05) is 0 Å². The Balaban J connectivity index is 0. The second-order valence-electron chi connectivity index (χ2n) is 2.25. The molecule has 2 aromatic rings. The molecule has 2 aromatic heterocycles. The molecule has 5 heteroatoms. The fraction of sp³-hybridized carbons (Fsp3) is 0. The van der Waals surface area contributed by atoms with Crippen molar-refractivity contribution in [2.45, 2.75) is 0 Å². The maximum Gasteiger partial charge on any atom is 1.00 e. The van der Waals surface area contributed by atoms with E-state index in [0.29, 0.717) is 0 Å². The van der Waals surface area contributed by atoms with Gasteiger partial charge in [-0.05, 0) is 12.1 Å². The molecule has 15 heavy (non-hydrogen) atoms. The summed E-state index contributed by atoms with van der Waals surface area (Å²) in [5, 5.41) is 0. The largest absolute Gasteiger partial charge is 1.00 e. The fourth-order valence-corrected chi connectivity index (χ4v) is 0.650. The summed E-state index contributed by atoms with van der Waals surface area (Å²) in [4.78, 5) is 20.2. The van der Waals surface area contributed by atoms with E-state index in [1.165, 1.54) is 24.7 Å². The molecular formula is C10H9NaO4. The number of rotatable bonds is 0. The standard InChI is InChI=1S/2C5H4O2.Na.H/c2*6-5-3-1-2-4-7-5;;/h2*1-4H;;/q;;+1;-1. The molecule has 0 aliphatic heterocycles. The Bertz CT molecular complexity index is 400. The predicted octanol–water partition coefficient (Wildman–Crippen LogP) is -1.60. The minimum Gasteiger partial charge on any atom is -1.00 e. The van der Waals surface area contributed by atoms with Crippen molar-refractivity contribution in [2.24, 2.45) is 0 Å². The van der Waals surface area contributed by atoms with Crippen LogP contribution >= 0.6 is 0 Å². The van der Waals surface area contributed by atoms with E-state index in [0.717, 1.165) is 0 Å². The number of hydrogen-bond donors (Lipinski definition) is 0.